The molecule has 0 radical (unpaired) electrons. The van der Waals surface area contributed by atoms with E-state index >= 15 is 0 Å². The highest BCUT2D eigenvalue weighted by Crippen LogP contribution is 2.42. The molecule has 1 aromatic carbocycles. The number of hydrogen-bond acceptors (Lipinski definition) is 4. The number of rotatable bonds is 3. The third kappa shape index (κ3) is 3.77. The summed E-state index contributed by atoms with van der Waals surface area (Å²) in [6, 6.07) is 5.82. The van der Waals surface area contributed by atoms with Crippen molar-refractivity contribution in [1.82, 2.24) is 19.7 Å². The summed E-state index contributed by atoms with van der Waals surface area (Å²) in [6.07, 6.45) is -8.42. The standard InChI is InChI=1S/C20H11F6N5O/c1-10-7-12-14(4-3-13(27-2)17(12)20(24,25)26)31(10)9-16-29-18(32-30-16)11-5-6-28-15(8-11)19(21,22)23/h3-8H,9H2,1H3. The summed E-state index contributed by atoms with van der Waals surface area (Å²) in [5.41, 5.74) is -2.02. The lowest BCUT2D eigenvalue weighted by molar-refractivity contribution is -0.141. The molecule has 0 N–H and O–H groups in total. The van der Waals surface area contributed by atoms with Gasteiger partial charge < -0.3 is 9.09 Å². The molecule has 0 bridgehead atoms. The first kappa shape index (κ1) is 21.4. The highest BCUT2D eigenvalue weighted by Gasteiger charge is 2.36. The molecule has 0 saturated heterocycles. The Morgan fingerprint density at radius 2 is 1.81 bits per heavy atom. The number of hydrogen-bond donors (Lipinski definition) is 0. The number of benzene rings is 1. The van der Waals surface area contributed by atoms with Gasteiger partial charge in [-0.05, 0) is 31.2 Å². The molecular formula is C20H11F6N5O. The van der Waals surface area contributed by atoms with Crippen molar-refractivity contribution in [3.05, 3.63) is 70.7 Å². The zero-order valence-corrected chi connectivity index (χ0v) is 16.1. The van der Waals surface area contributed by atoms with Crippen LogP contribution in [0.25, 0.3) is 27.2 Å². The number of pyridine rings is 1. The molecule has 0 spiro atoms. The van der Waals surface area contributed by atoms with E-state index in [2.05, 4.69) is 20.0 Å². The van der Waals surface area contributed by atoms with Crippen molar-refractivity contribution < 1.29 is 30.9 Å². The van der Waals surface area contributed by atoms with E-state index in [9.17, 15) is 26.3 Å². The highest BCUT2D eigenvalue weighted by atomic mass is 19.4. The molecule has 3 heterocycles. The Kier molecular flexibility index (Phi) is 4.92. The van der Waals surface area contributed by atoms with Crippen molar-refractivity contribution >= 4 is 16.6 Å². The van der Waals surface area contributed by atoms with Crippen LogP contribution in [0.3, 0.4) is 0 Å². The van der Waals surface area contributed by atoms with Gasteiger partial charge in [0.1, 0.15) is 5.69 Å². The summed E-state index contributed by atoms with van der Waals surface area (Å²) in [5, 5.41) is 3.59. The molecule has 3 aromatic heterocycles. The Hall–Kier alpha value is -3.88. The number of aromatic nitrogens is 4. The van der Waals surface area contributed by atoms with Crippen molar-refractivity contribution in [1.29, 1.82) is 0 Å². The fourth-order valence-corrected chi connectivity index (χ4v) is 3.35. The van der Waals surface area contributed by atoms with Crippen LogP contribution in [0.4, 0.5) is 32.0 Å². The minimum atomic E-state index is -4.73. The third-order valence-electron chi connectivity index (χ3n) is 4.74. The van der Waals surface area contributed by atoms with Crippen LogP contribution in [0.5, 0.6) is 0 Å². The molecule has 0 saturated carbocycles. The molecule has 12 heteroatoms. The summed E-state index contributed by atoms with van der Waals surface area (Å²) in [4.78, 5) is 10.3. The van der Waals surface area contributed by atoms with Gasteiger partial charge in [-0.15, -0.1) is 0 Å². The molecule has 0 amide bonds. The van der Waals surface area contributed by atoms with Crippen molar-refractivity contribution in [3.63, 3.8) is 0 Å². The average Bonchev–Trinajstić information content (AvgIpc) is 3.31. The SMILES string of the molecule is [C-]#[N+]c1ccc2c(cc(C)n2Cc2noc(-c3ccnc(C(F)(F)F)c3)n2)c1C(F)(F)F. The van der Waals surface area contributed by atoms with Gasteiger partial charge in [-0.2, -0.15) is 31.3 Å². The second-order valence-electron chi connectivity index (χ2n) is 6.82. The Morgan fingerprint density at radius 1 is 1.06 bits per heavy atom. The summed E-state index contributed by atoms with van der Waals surface area (Å²) in [6.45, 7) is 8.52. The van der Waals surface area contributed by atoms with Crippen molar-refractivity contribution in [2.45, 2.75) is 25.8 Å². The molecule has 32 heavy (non-hydrogen) atoms. The van der Waals surface area contributed by atoms with Crippen LogP contribution < -0.4 is 0 Å². The van der Waals surface area contributed by atoms with Gasteiger partial charge in [0.15, 0.2) is 11.5 Å². The van der Waals surface area contributed by atoms with E-state index in [1.54, 1.807) is 6.92 Å². The fourth-order valence-electron chi connectivity index (χ4n) is 3.35. The predicted octanol–water partition coefficient (Wildman–Crippen LogP) is 6.03. The molecule has 164 valence electrons. The van der Waals surface area contributed by atoms with E-state index in [4.69, 9.17) is 11.1 Å². The Bertz CT molecular complexity index is 1360. The molecule has 4 aromatic rings. The molecule has 6 nitrogen and oxygen atoms in total. The number of halogens is 6. The van der Waals surface area contributed by atoms with E-state index < -0.39 is 29.3 Å². The molecule has 0 atom stereocenters. The number of nitrogens with zero attached hydrogens (tertiary/aromatic N) is 5. The molecule has 0 fully saturated rings. The summed E-state index contributed by atoms with van der Waals surface area (Å²) < 4.78 is 85.9. The first-order valence-corrected chi connectivity index (χ1v) is 8.92. The van der Waals surface area contributed by atoms with Gasteiger partial charge >= 0.3 is 12.4 Å². The summed E-state index contributed by atoms with van der Waals surface area (Å²) in [5.74, 6) is -0.137. The summed E-state index contributed by atoms with van der Waals surface area (Å²) in [7, 11) is 0. The van der Waals surface area contributed by atoms with Crippen molar-refractivity contribution in [3.8, 4) is 11.5 Å². The van der Waals surface area contributed by atoms with Crippen LogP contribution in [0.15, 0.2) is 41.1 Å². The minimum Gasteiger partial charge on any atom is -0.337 e. The second kappa shape index (κ2) is 7.37. The normalized spacial score (nSPS) is 12.3. The molecule has 4 rings (SSSR count). The fraction of sp³-hybridized carbons (Fsp3) is 0.200. The molecule has 0 aliphatic carbocycles. The average molecular weight is 451 g/mol. The number of aryl methyl sites for hydroxylation is 1. The first-order chi connectivity index (χ1) is 15.0. The molecular weight excluding hydrogens is 440 g/mol. The number of fused-ring (bicyclic) bond motifs is 1. The smallest absolute Gasteiger partial charge is 0.337 e. The van der Waals surface area contributed by atoms with Crippen LogP contribution in [0, 0.1) is 13.5 Å². The van der Waals surface area contributed by atoms with E-state index in [1.807, 2.05) is 0 Å². The lowest BCUT2D eigenvalue weighted by atomic mass is 10.1. The van der Waals surface area contributed by atoms with Crippen LogP contribution in [-0.2, 0) is 18.9 Å². The zero-order valence-electron chi connectivity index (χ0n) is 16.1. The zero-order chi connectivity index (χ0) is 23.3. The Labute approximate surface area is 175 Å². The Morgan fingerprint density at radius 3 is 2.47 bits per heavy atom. The van der Waals surface area contributed by atoms with Gasteiger partial charge in [0.2, 0.25) is 0 Å². The van der Waals surface area contributed by atoms with Gasteiger partial charge in [-0.3, -0.25) is 4.98 Å². The van der Waals surface area contributed by atoms with E-state index in [0.29, 0.717) is 5.69 Å². The molecule has 0 unspecified atom stereocenters. The summed E-state index contributed by atoms with van der Waals surface area (Å²) >= 11 is 0. The van der Waals surface area contributed by atoms with E-state index in [-0.39, 0.29) is 34.7 Å². The van der Waals surface area contributed by atoms with Crippen LogP contribution >= 0.6 is 0 Å². The molecule has 0 aliphatic rings. The van der Waals surface area contributed by atoms with Crippen molar-refractivity contribution in [2.24, 2.45) is 0 Å². The first-order valence-electron chi connectivity index (χ1n) is 8.92. The lowest BCUT2D eigenvalue weighted by Gasteiger charge is -2.11. The topological polar surface area (TPSA) is 61.1 Å². The monoisotopic (exact) mass is 451 g/mol. The van der Waals surface area contributed by atoms with Gasteiger partial charge in [-0.25, -0.2) is 4.85 Å². The maximum absolute atomic E-state index is 13.6. The maximum Gasteiger partial charge on any atom is 0.433 e. The van der Waals surface area contributed by atoms with Crippen LogP contribution in [-0.4, -0.2) is 19.7 Å². The largest absolute Gasteiger partial charge is 0.433 e. The second-order valence-corrected chi connectivity index (χ2v) is 6.82. The maximum atomic E-state index is 13.6. The van der Waals surface area contributed by atoms with Crippen LogP contribution in [0.2, 0.25) is 0 Å². The highest BCUT2D eigenvalue weighted by molar-refractivity contribution is 5.90. The number of alkyl halides is 6. The van der Waals surface area contributed by atoms with Crippen molar-refractivity contribution in [2.75, 3.05) is 0 Å². The van der Waals surface area contributed by atoms with Gasteiger partial charge in [0.05, 0.1) is 18.7 Å². The lowest BCUT2D eigenvalue weighted by Crippen LogP contribution is -2.07. The predicted molar refractivity (Wildman–Crippen MR) is 99.6 cm³/mol. The van der Waals surface area contributed by atoms with Gasteiger partial charge in [0.25, 0.3) is 5.89 Å². The minimum absolute atomic E-state index is 0.00113. The third-order valence-corrected chi connectivity index (χ3v) is 4.74. The van der Waals surface area contributed by atoms with Gasteiger partial charge in [0, 0.05) is 28.4 Å². The van der Waals surface area contributed by atoms with E-state index in [1.165, 1.54) is 22.8 Å². The quantitative estimate of drug-likeness (QED) is 0.282. The molecule has 0 aliphatic heterocycles. The van der Waals surface area contributed by atoms with E-state index in [0.717, 1.165) is 18.3 Å². The van der Waals surface area contributed by atoms with Crippen LogP contribution in [0.1, 0.15) is 22.8 Å². The Balaban J connectivity index is 1.73. The van der Waals surface area contributed by atoms with Gasteiger partial charge in [-0.1, -0.05) is 11.2 Å².